The largest absolute Gasteiger partial charge is 0.390 e. The van der Waals surface area contributed by atoms with Gasteiger partial charge in [-0.15, -0.1) is 0 Å². The van der Waals surface area contributed by atoms with Gasteiger partial charge in [0.2, 0.25) is 5.91 Å². The Kier molecular flexibility index (Phi) is 7.36. The van der Waals surface area contributed by atoms with Crippen molar-refractivity contribution in [3.63, 3.8) is 0 Å². The van der Waals surface area contributed by atoms with Gasteiger partial charge >= 0.3 is 0 Å². The van der Waals surface area contributed by atoms with Crippen LogP contribution in [0.5, 0.6) is 0 Å². The van der Waals surface area contributed by atoms with Crippen molar-refractivity contribution in [1.29, 1.82) is 0 Å². The fourth-order valence-electron chi connectivity index (χ4n) is 3.73. The number of likely N-dealkylation sites (tertiary alicyclic amines) is 1. The average molecular weight is 400 g/mol. The third-order valence-corrected chi connectivity index (χ3v) is 5.49. The normalized spacial score (nSPS) is 21.9. The lowest BCUT2D eigenvalue weighted by Gasteiger charge is -2.43. The van der Waals surface area contributed by atoms with E-state index >= 15 is 0 Å². The lowest BCUT2D eigenvalue weighted by atomic mass is 9.89. The summed E-state index contributed by atoms with van der Waals surface area (Å²) in [6.07, 6.45) is 1.11. The fourth-order valence-corrected chi connectivity index (χ4v) is 3.73. The van der Waals surface area contributed by atoms with E-state index in [1.165, 1.54) is 12.1 Å². The highest BCUT2D eigenvalue weighted by Crippen LogP contribution is 2.22. The molecule has 0 bridgehead atoms. The zero-order valence-corrected chi connectivity index (χ0v) is 16.6. The van der Waals surface area contributed by atoms with Crippen LogP contribution in [-0.4, -0.2) is 58.9 Å². The molecule has 1 amide bonds. The molecule has 1 heterocycles. The van der Waals surface area contributed by atoms with Gasteiger partial charge < -0.3 is 20.4 Å². The van der Waals surface area contributed by atoms with Gasteiger partial charge in [0, 0.05) is 19.5 Å². The quantitative estimate of drug-likeness (QED) is 0.592. The standard InChI is InChI=1S/C23H29FN2O3/c24-20-8-4-7-19(15-20)11-13-25-16-23(29)17-26(14-12-21(23)27)22(28)10-9-18-5-2-1-3-6-18/h1-8,15,21,25,27,29H,9-14,16-17H2/t21-,23+/m0/s1. The molecule has 1 aliphatic heterocycles. The molecule has 3 rings (SSSR count). The zero-order chi connectivity index (χ0) is 20.7. The van der Waals surface area contributed by atoms with E-state index in [1.54, 1.807) is 11.0 Å². The molecule has 1 fully saturated rings. The Labute approximate surface area is 171 Å². The van der Waals surface area contributed by atoms with Gasteiger partial charge in [0.1, 0.15) is 11.4 Å². The van der Waals surface area contributed by atoms with E-state index in [4.69, 9.17) is 0 Å². The van der Waals surface area contributed by atoms with Crippen molar-refractivity contribution in [2.24, 2.45) is 0 Å². The second kappa shape index (κ2) is 9.96. The number of hydrogen-bond donors (Lipinski definition) is 3. The van der Waals surface area contributed by atoms with Gasteiger partial charge in [0.25, 0.3) is 0 Å². The molecule has 2 aromatic carbocycles. The minimum atomic E-state index is -1.39. The summed E-state index contributed by atoms with van der Waals surface area (Å²) in [7, 11) is 0. The molecule has 0 unspecified atom stereocenters. The molecular weight excluding hydrogens is 371 g/mol. The highest BCUT2D eigenvalue weighted by molar-refractivity contribution is 5.76. The third-order valence-electron chi connectivity index (χ3n) is 5.49. The van der Waals surface area contributed by atoms with Crippen LogP contribution in [-0.2, 0) is 17.6 Å². The molecule has 3 N–H and O–H groups in total. The second-order valence-corrected chi connectivity index (χ2v) is 7.77. The Bertz CT molecular complexity index is 802. The number of β-amino-alcohol motifs (C(OH)–C–C–N with tert-alkyl or cyclic N) is 1. The highest BCUT2D eigenvalue weighted by atomic mass is 19.1. The number of aryl methyl sites for hydroxylation is 1. The number of halogens is 1. The molecule has 6 heteroatoms. The van der Waals surface area contributed by atoms with Gasteiger partial charge in [-0.05, 0) is 49.1 Å². The number of nitrogens with one attached hydrogen (secondary N) is 1. The Morgan fingerprint density at radius 2 is 1.90 bits per heavy atom. The summed E-state index contributed by atoms with van der Waals surface area (Å²) >= 11 is 0. The molecule has 1 saturated heterocycles. The minimum Gasteiger partial charge on any atom is -0.390 e. The fraction of sp³-hybridized carbons (Fsp3) is 0.435. The molecule has 0 spiro atoms. The maximum Gasteiger partial charge on any atom is 0.223 e. The number of rotatable bonds is 8. The number of carbonyl (C=O) groups is 1. The maximum absolute atomic E-state index is 13.2. The average Bonchev–Trinajstić information content (AvgIpc) is 2.72. The molecule has 1 aliphatic rings. The number of aliphatic hydroxyl groups excluding tert-OH is 1. The first kappa shape index (κ1) is 21.4. The van der Waals surface area contributed by atoms with Gasteiger partial charge in [-0.25, -0.2) is 4.39 Å². The summed E-state index contributed by atoms with van der Waals surface area (Å²) in [5, 5.41) is 24.4. The Balaban J connectivity index is 1.47. The van der Waals surface area contributed by atoms with Crippen LogP contribution < -0.4 is 5.32 Å². The molecule has 0 aromatic heterocycles. The molecular formula is C23H29FN2O3. The maximum atomic E-state index is 13.2. The molecule has 29 heavy (non-hydrogen) atoms. The summed E-state index contributed by atoms with van der Waals surface area (Å²) < 4.78 is 13.2. The first-order valence-electron chi connectivity index (χ1n) is 10.1. The van der Waals surface area contributed by atoms with Gasteiger partial charge in [0.15, 0.2) is 0 Å². The topological polar surface area (TPSA) is 72.8 Å². The number of piperidine rings is 1. The predicted octanol–water partition coefficient (Wildman–Crippen LogP) is 1.91. The van der Waals surface area contributed by atoms with Crippen molar-refractivity contribution in [3.8, 4) is 0 Å². The van der Waals surface area contributed by atoms with Crippen LogP contribution in [0.25, 0.3) is 0 Å². The van der Waals surface area contributed by atoms with Crippen LogP contribution in [0.15, 0.2) is 54.6 Å². The zero-order valence-electron chi connectivity index (χ0n) is 16.6. The molecule has 2 atom stereocenters. The van der Waals surface area contributed by atoms with Gasteiger partial charge in [0.05, 0.1) is 12.6 Å². The summed E-state index contributed by atoms with van der Waals surface area (Å²) in [5.74, 6) is -0.285. The van der Waals surface area contributed by atoms with E-state index in [0.29, 0.717) is 38.8 Å². The summed E-state index contributed by atoms with van der Waals surface area (Å²) in [4.78, 5) is 14.2. The number of aliphatic hydroxyl groups is 2. The Hall–Kier alpha value is -2.28. The Morgan fingerprint density at radius 1 is 1.14 bits per heavy atom. The SMILES string of the molecule is O=C(CCc1ccccc1)N1CC[C@H](O)[C@@](O)(CNCCc2cccc(F)c2)C1. The summed E-state index contributed by atoms with van der Waals surface area (Å²) in [5.41, 5.74) is 0.585. The van der Waals surface area contributed by atoms with E-state index in [1.807, 2.05) is 36.4 Å². The molecule has 5 nitrogen and oxygen atoms in total. The first-order chi connectivity index (χ1) is 14.0. The van der Waals surface area contributed by atoms with Crippen molar-refractivity contribution in [3.05, 3.63) is 71.5 Å². The number of carbonyl (C=O) groups excluding carboxylic acids is 1. The van der Waals surface area contributed by atoms with E-state index in [0.717, 1.165) is 11.1 Å². The lowest BCUT2D eigenvalue weighted by Crippen LogP contribution is -2.62. The van der Waals surface area contributed by atoms with Gasteiger partial charge in [-0.3, -0.25) is 4.79 Å². The first-order valence-corrected chi connectivity index (χ1v) is 10.1. The van der Waals surface area contributed by atoms with Crippen LogP contribution >= 0.6 is 0 Å². The lowest BCUT2D eigenvalue weighted by molar-refractivity contribution is -0.150. The van der Waals surface area contributed by atoms with Crippen molar-refractivity contribution >= 4 is 5.91 Å². The highest BCUT2D eigenvalue weighted by Gasteiger charge is 2.41. The van der Waals surface area contributed by atoms with E-state index < -0.39 is 11.7 Å². The minimum absolute atomic E-state index is 0.0149. The van der Waals surface area contributed by atoms with E-state index in [2.05, 4.69) is 5.32 Å². The third kappa shape index (κ3) is 6.10. The molecule has 156 valence electrons. The van der Waals surface area contributed by atoms with Gasteiger partial charge in [-0.1, -0.05) is 42.5 Å². The van der Waals surface area contributed by atoms with Gasteiger partial charge in [-0.2, -0.15) is 0 Å². The van der Waals surface area contributed by atoms with E-state index in [9.17, 15) is 19.4 Å². The molecule has 2 aromatic rings. The number of benzene rings is 2. The molecule has 0 aliphatic carbocycles. The molecule has 0 radical (unpaired) electrons. The number of amides is 1. The molecule has 0 saturated carbocycles. The van der Waals surface area contributed by atoms with E-state index in [-0.39, 0.29) is 24.8 Å². The van der Waals surface area contributed by atoms with Crippen LogP contribution in [0.3, 0.4) is 0 Å². The predicted molar refractivity (Wildman–Crippen MR) is 110 cm³/mol. The number of hydrogen-bond acceptors (Lipinski definition) is 4. The second-order valence-electron chi connectivity index (χ2n) is 7.77. The monoisotopic (exact) mass is 400 g/mol. The van der Waals surface area contributed by atoms with Crippen LogP contribution in [0.2, 0.25) is 0 Å². The summed E-state index contributed by atoms with van der Waals surface area (Å²) in [6, 6.07) is 16.2. The van der Waals surface area contributed by atoms with Crippen molar-refractivity contribution in [1.82, 2.24) is 10.2 Å². The van der Waals surface area contributed by atoms with Crippen LogP contribution in [0.1, 0.15) is 24.0 Å². The number of nitrogens with zero attached hydrogens (tertiary/aromatic N) is 1. The van der Waals surface area contributed by atoms with Crippen molar-refractivity contribution in [2.45, 2.75) is 37.4 Å². The van der Waals surface area contributed by atoms with Crippen LogP contribution in [0.4, 0.5) is 4.39 Å². The Morgan fingerprint density at radius 3 is 2.66 bits per heavy atom. The smallest absolute Gasteiger partial charge is 0.223 e. The van der Waals surface area contributed by atoms with Crippen LogP contribution in [0, 0.1) is 5.82 Å². The van der Waals surface area contributed by atoms with Crippen molar-refractivity contribution in [2.75, 3.05) is 26.2 Å². The van der Waals surface area contributed by atoms with Crippen molar-refractivity contribution < 1.29 is 19.4 Å². The summed E-state index contributed by atoms with van der Waals surface area (Å²) in [6.45, 7) is 1.27.